The predicted octanol–water partition coefficient (Wildman–Crippen LogP) is 3.64. The first-order valence-corrected chi connectivity index (χ1v) is 6.39. The van der Waals surface area contributed by atoms with Crippen LogP contribution in [0.3, 0.4) is 0 Å². The lowest BCUT2D eigenvalue weighted by Crippen LogP contribution is -2.04. The van der Waals surface area contributed by atoms with Gasteiger partial charge in [0.05, 0.1) is 6.20 Å². The van der Waals surface area contributed by atoms with E-state index in [4.69, 9.17) is 23.2 Å². The molecule has 0 aliphatic carbocycles. The molecule has 1 heterocycles. The van der Waals surface area contributed by atoms with Crippen molar-refractivity contribution in [2.75, 3.05) is 5.88 Å². The monoisotopic (exact) mass is 268 g/mol. The number of aryl methyl sites for hydroxylation is 1. The normalized spacial score (nSPS) is 12.6. The molecular weight excluding hydrogens is 255 g/mol. The van der Waals surface area contributed by atoms with Crippen molar-refractivity contribution < 1.29 is 0 Å². The lowest BCUT2D eigenvalue weighted by atomic mass is 9.95. The third-order valence-corrected chi connectivity index (χ3v) is 3.35. The van der Waals surface area contributed by atoms with Gasteiger partial charge in [-0.15, -0.1) is 11.6 Å². The molecule has 0 amide bonds. The van der Waals surface area contributed by atoms with Crippen LogP contribution in [-0.4, -0.2) is 15.7 Å². The fraction of sp³-hybridized carbons (Fsp3) is 0.308. The van der Waals surface area contributed by atoms with Crippen LogP contribution in [0, 0.1) is 0 Å². The average molecular weight is 269 g/mol. The Morgan fingerprint density at radius 3 is 2.82 bits per heavy atom. The van der Waals surface area contributed by atoms with E-state index in [9.17, 15) is 0 Å². The molecule has 17 heavy (non-hydrogen) atoms. The number of rotatable bonds is 4. The summed E-state index contributed by atoms with van der Waals surface area (Å²) in [6.45, 7) is 0. The fourth-order valence-electron chi connectivity index (χ4n) is 1.88. The molecule has 1 aromatic heterocycles. The van der Waals surface area contributed by atoms with Gasteiger partial charge >= 0.3 is 0 Å². The van der Waals surface area contributed by atoms with Gasteiger partial charge in [0.15, 0.2) is 0 Å². The van der Waals surface area contributed by atoms with Crippen LogP contribution in [0.5, 0.6) is 0 Å². The van der Waals surface area contributed by atoms with Gasteiger partial charge in [0.1, 0.15) is 0 Å². The van der Waals surface area contributed by atoms with Crippen molar-refractivity contribution in [2.45, 2.75) is 12.3 Å². The minimum Gasteiger partial charge on any atom is -0.276 e. The zero-order valence-electron chi connectivity index (χ0n) is 9.61. The van der Waals surface area contributed by atoms with Gasteiger partial charge in [-0.3, -0.25) is 4.68 Å². The topological polar surface area (TPSA) is 17.8 Å². The zero-order chi connectivity index (χ0) is 12.3. The van der Waals surface area contributed by atoms with Gasteiger partial charge in [-0.1, -0.05) is 23.7 Å². The molecule has 0 saturated heterocycles. The summed E-state index contributed by atoms with van der Waals surface area (Å²) >= 11 is 12.0. The summed E-state index contributed by atoms with van der Waals surface area (Å²) in [5.74, 6) is 0.856. The third kappa shape index (κ3) is 3.24. The standard InChI is InChI=1S/C13H14Cl2N2/c1-17-9-10(8-16-17)5-12(7-14)11-3-2-4-13(15)6-11/h2-4,6,8-9,12H,5,7H2,1H3. The zero-order valence-corrected chi connectivity index (χ0v) is 11.1. The minimum atomic E-state index is 0.277. The van der Waals surface area contributed by atoms with Crippen molar-refractivity contribution in [3.05, 3.63) is 52.8 Å². The molecular formula is C13H14Cl2N2. The largest absolute Gasteiger partial charge is 0.276 e. The molecule has 0 N–H and O–H groups in total. The number of alkyl halides is 1. The molecule has 0 fully saturated rings. The first-order chi connectivity index (χ1) is 8.19. The number of hydrogen-bond acceptors (Lipinski definition) is 1. The summed E-state index contributed by atoms with van der Waals surface area (Å²) in [5.41, 5.74) is 2.37. The number of nitrogens with zero attached hydrogens (tertiary/aromatic N) is 2. The molecule has 0 saturated carbocycles. The van der Waals surface area contributed by atoms with E-state index >= 15 is 0 Å². The van der Waals surface area contributed by atoms with Crippen molar-refractivity contribution >= 4 is 23.2 Å². The van der Waals surface area contributed by atoms with Gasteiger partial charge in [0.25, 0.3) is 0 Å². The Kier molecular flexibility index (Phi) is 4.08. The first kappa shape index (κ1) is 12.5. The Hall–Kier alpha value is -0.990. The molecule has 0 aliphatic rings. The molecule has 90 valence electrons. The van der Waals surface area contributed by atoms with E-state index in [0.717, 1.165) is 11.4 Å². The second-order valence-corrected chi connectivity index (χ2v) is 4.88. The van der Waals surface area contributed by atoms with E-state index in [-0.39, 0.29) is 5.92 Å². The SMILES string of the molecule is Cn1cc(CC(CCl)c2cccc(Cl)c2)cn1. The van der Waals surface area contributed by atoms with Gasteiger partial charge in [0.2, 0.25) is 0 Å². The highest BCUT2D eigenvalue weighted by molar-refractivity contribution is 6.30. The lowest BCUT2D eigenvalue weighted by Gasteiger charge is -2.13. The highest BCUT2D eigenvalue weighted by atomic mass is 35.5. The van der Waals surface area contributed by atoms with Crippen LogP contribution in [0.15, 0.2) is 36.7 Å². The predicted molar refractivity (Wildman–Crippen MR) is 71.8 cm³/mol. The highest BCUT2D eigenvalue weighted by Gasteiger charge is 2.12. The quantitative estimate of drug-likeness (QED) is 0.775. The van der Waals surface area contributed by atoms with E-state index in [2.05, 4.69) is 11.2 Å². The Morgan fingerprint density at radius 2 is 2.24 bits per heavy atom. The third-order valence-electron chi connectivity index (χ3n) is 2.75. The molecule has 0 radical (unpaired) electrons. The van der Waals surface area contributed by atoms with Gasteiger partial charge in [-0.2, -0.15) is 5.10 Å². The molecule has 2 nitrogen and oxygen atoms in total. The summed E-state index contributed by atoms with van der Waals surface area (Å²) in [6.07, 6.45) is 4.78. The lowest BCUT2D eigenvalue weighted by molar-refractivity contribution is 0.754. The fourth-order valence-corrected chi connectivity index (χ4v) is 2.37. The number of hydrogen-bond donors (Lipinski definition) is 0. The van der Waals surface area contributed by atoms with E-state index < -0.39 is 0 Å². The molecule has 1 unspecified atom stereocenters. The summed E-state index contributed by atoms with van der Waals surface area (Å²) in [6, 6.07) is 7.88. The molecule has 2 rings (SSSR count). The smallest absolute Gasteiger partial charge is 0.0521 e. The highest BCUT2D eigenvalue weighted by Crippen LogP contribution is 2.24. The molecule has 1 atom stereocenters. The van der Waals surface area contributed by atoms with Crippen LogP contribution in [-0.2, 0) is 13.5 Å². The van der Waals surface area contributed by atoms with Crippen molar-refractivity contribution in [1.82, 2.24) is 9.78 Å². The molecule has 0 spiro atoms. The van der Waals surface area contributed by atoms with E-state index in [1.165, 1.54) is 11.1 Å². The molecule has 0 aliphatic heterocycles. The second kappa shape index (κ2) is 5.56. The van der Waals surface area contributed by atoms with Gasteiger partial charge in [0, 0.05) is 30.1 Å². The van der Waals surface area contributed by atoms with Crippen LogP contribution in [0.4, 0.5) is 0 Å². The van der Waals surface area contributed by atoms with Crippen molar-refractivity contribution in [1.29, 1.82) is 0 Å². The number of halogens is 2. The van der Waals surface area contributed by atoms with Crippen LogP contribution in [0.25, 0.3) is 0 Å². The number of aromatic nitrogens is 2. The summed E-state index contributed by atoms with van der Waals surface area (Å²) in [4.78, 5) is 0. The maximum absolute atomic E-state index is 6.04. The maximum Gasteiger partial charge on any atom is 0.0521 e. The van der Waals surface area contributed by atoms with Gasteiger partial charge < -0.3 is 0 Å². The number of benzene rings is 1. The summed E-state index contributed by atoms with van der Waals surface area (Å²) in [5, 5.41) is 4.92. The van der Waals surface area contributed by atoms with Crippen molar-refractivity contribution in [3.63, 3.8) is 0 Å². The van der Waals surface area contributed by atoms with Crippen LogP contribution in [0.1, 0.15) is 17.0 Å². The van der Waals surface area contributed by atoms with Crippen LogP contribution in [0.2, 0.25) is 5.02 Å². The first-order valence-electron chi connectivity index (χ1n) is 5.48. The Balaban J connectivity index is 2.16. The molecule has 0 bridgehead atoms. The Labute approximate surface area is 111 Å². The average Bonchev–Trinajstić information content (AvgIpc) is 2.72. The second-order valence-electron chi connectivity index (χ2n) is 4.13. The Morgan fingerprint density at radius 1 is 1.41 bits per heavy atom. The minimum absolute atomic E-state index is 0.277. The molecule has 2 aromatic rings. The van der Waals surface area contributed by atoms with Crippen molar-refractivity contribution in [2.24, 2.45) is 7.05 Å². The molecule has 1 aromatic carbocycles. The van der Waals surface area contributed by atoms with E-state index in [1.54, 1.807) is 4.68 Å². The van der Waals surface area contributed by atoms with E-state index in [0.29, 0.717) is 5.88 Å². The molecule has 4 heteroatoms. The summed E-state index contributed by atoms with van der Waals surface area (Å²) < 4.78 is 1.80. The van der Waals surface area contributed by atoms with Gasteiger partial charge in [-0.25, -0.2) is 0 Å². The van der Waals surface area contributed by atoms with Gasteiger partial charge in [-0.05, 0) is 29.7 Å². The van der Waals surface area contributed by atoms with Crippen LogP contribution < -0.4 is 0 Å². The van der Waals surface area contributed by atoms with Crippen molar-refractivity contribution in [3.8, 4) is 0 Å². The Bertz CT molecular complexity index is 494. The maximum atomic E-state index is 6.04. The van der Waals surface area contributed by atoms with Crippen LogP contribution >= 0.6 is 23.2 Å². The van der Waals surface area contributed by atoms with E-state index in [1.807, 2.05) is 37.6 Å². The summed E-state index contributed by atoms with van der Waals surface area (Å²) in [7, 11) is 1.92.